The Balaban J connectivity index is 2.68. The Morgan fingerprint density at radius 3 is 2.54 bits per heavy atom. The fourth-order valence-electron chi connectivity index (χ4n) is 2.27. The molecule has 24 heavy (non-hydrogen) atoms. The van der Waals surface area contributed by atoms with Crippen molar-refractivity contribution >= 4 is 23.1 Å². The lowest BCUT2D eigenvalue weighted by atomic mass is 10.1. The van der Waals surface area contributed by atoms with Gasteiger partial charge >= 0.3 is 6.18 Å². The molecule has 1 aromatic rings. The van der Waals surface area contributed by atoms with Crippen LogP contribution in [0.4, 0.5) is 24.5 Å². The van der Waals surface area contributed by atoms with E-state index in [0.29, 0.717) is 17.2 Å². The smallest absolute Gasteiger partial charge is 0.370 e. The molecule has 0 aliphatic heterocycles. The normalized spacial score (nSPS) is 12.9. The highest BCUT2D eigenvalue weighted by molar-refractivity contribution is 7.99. The van der Waals surface area contributed by atoms with Crippen LogP contribution in [0.3, 0.4) is 0 Å². The lowest BCUT2D eigenvalue weighted by molar-refractivity contribution is -0.384. The van der Waals surface area contributed by atoms with E-state index in [1.807, 2.05) is 0 Å². The van der Waals surface area contributed by atoms with Gasteiger partial charge in [0.1, 0.15) is 5.69 Å². The van der Waals surface area contributed by atoms with Crippen LogP contribution >= 0.6 is 11.8 Å². The summed E-state index contributed by atoms with van der Waals surface area (Å²) >= 11 is 1.64. The summed E-state index contributed by atoms with van der Waals surface area (Å²) in [6, 6.07) is 2.56. The average Bonchev–Trinajstić information content (AvgIpc) is 2.52. The third-order valence-electron chi connectivity index (χ3n) is 3.69. The summed E-state index contributed by atoms with van der Waals surface area (Å²) in [4.78, 5) is 10.2. The summed E-state index contributed by atoms with van der Waals surface area (Å²) in [6.45, 7) is 4.23. The van der Waals surface area contributed by atoms with E-state index in [0.717, 1.165) is 37.8 Å². The van der Waals surface area contributed by atoms with E-state index in [2.05, 4.69) is 19.2 Å². The number of hydrogen-bond donors (Lipinski definition) is 1. The molecule has 1 rings (SSSR count). The van der Waals surface area contributed by atoms with Gasteiger partial charge < -0.3 is 5.32 Å². The fourth-order valence-corrected chi connectivity index (χ4v) is 3.32. The molecule has 0 fully saturated rings. The molecule has 0 aromatic heterocycles. The molecule has 0 saturated heterocycles. The van der Waals surface area contributed by atoms with Crippen LogP contribution in [0.1, 0.15) is 51.5 Å². The number of nitro groups is 1. The summed E-state index contributed by atoms with van der Waals surface area (Å²) in [7, 11) is 0. The van der Waals surface area contributed by atoms with Crippen molar-refractivity contribution in [2.24, 2.45) is 0 Å². The molecule has 0 amide bonds. The minimum Gasteiger partial charge on any atom is -0.370 e. The lowest BCUT2D eigenvalue weighted by Gasteiger charge is -2.15. The molecule has 1 atom stereocenters. The van der Waals surface area contributed by atoms with E-state index in [1.54, 1.807) is 11.8 Å². The predicted molar refractivity (Wildman–Crippen MR) is 92.4 cm³/mol. The van der Waals surface area contributed by atoms with Gasteiger partial charge in [-0.15, -0.1) is 11.8 Å². The number of hydrogen-bond acceptors (Lipinski definition) is 4. The molecule has 0 spiro atoms. The van der Waals surface area contributed by atoms with Gasteiger partial charge in [0.05, 0.1) is 16.4 Å². The van der Waals surface area contributed by atoms with Gasteiger partial charge in [0.15, 0.2) is 0 Å². The number of anilines is 1. The third kappa shape index (κ3) is 6.59. The molecule has 0 saturated carbocycles. The molecule has 136 valence electrons. The molecule has 4 nitrogen and oxygen atoms in total. The van der Waals surface area contributed by atoms with Crippen molar-refractivity contribution in [3.8, 4) is 0 Å². The van der Waals surface area contributed by atoms with Crippen LogP contribution in [-0.4, -0.2) is 16.1 Å². The van der Waals surface area contributed by atoms with E-state index < -0.39 is 22.4 Å². The number of nitrogens with zero attached hydrogens (tertiary/aromatic N) is 1. The number of benzene rings is 1. The highest BCUT2D eigenvalue weighted by atomic mass is 32.2. The average molecular weight is 364 g/mol. The van der Waals surface area contributed by atoms with Crippen molar-refractivity contribution < 1.29 is 18.1 Å². The molecule has 8 heteroatoms. The van der Waals surface area contributed by atoms with Crippen LogP contribution in [0, 0.1) is 10.1 Å². The van der Waals surface area contributed by atoms with E-state index in [-0.39, 0.29) is 5.69 Å². The second kappa shape index (κ2) is 9.76. The number of nitrogens with one attached hydrogen (secondary N) is 1. The largest absolute Gasteiger partial charge is 0.416 e. The Hall–Kier alpha value is -1.44. The van der Waals surface area contributed by atoms with Crippen LogP contribution in [0.25, 0.3) is 0 Å². The summed E-state index contributed by atoms with van der Waals surface area (Å²) in [5.74, 6) is 0.427. The van der Waals surface area contributed by atoms with E-state index in [4.69, 9.17) is 0 Å². The van der Waals surface area contributed by atoms with E-state index in [1.165, 1.54) is 6.42 Å². The maximum Gasteiger partial charge on any atom is 0.416 e. The summed E-state index contributed by atoms with van der Waals surface area (Å²) < 4.78 is 38.0. The van der Waals surface area contributed by atoms with Gasteiger partial charge in [0.25, 0.3) is 5.69 Å². The monoisotopic (exact) mass is 364 g/mol. The first-order valence-corrected chi connectivity index (χ1v) is 9.05. The van der Waals surface area contributed by atoms with Crippen LogP contribution in [0.15, 0.2) is 18.2 Å². The third-order valence-corrected chi connectivity index (χ3v) is 5.04. The standard InChI is InChI=1S/C16H23F3N2O2S/c1-3-5-6-7-13(4-2)24-11-20-14-9-8-12(16(17,18)19)10-15(14)21(22)23/h8-10,13,20H,3-7,11H2,1-2H3/t13-/m0/s1. The summed E-state index contributed by atoms with van der Waals surface area (Å²) in [6.07, 6.45) is 0.940. The van der Waals surface area contributed by atoms with Gasteiger partial charge in [0, 0.05) is 11.3 Å². The van der Waals surface area contributed by atoms with E-state index >= 15 is 0 Å². The van der Waals surface area contributed by atoms with Gasteiger partial charge in [-0.25, -0.2) is 0 Å². The van der Waals surface area contributed by atoms with Crippen LogP contribution in [-0.2, 0) is 6.18 Å². The van der Waals surface area contributed by atoms with Gasteiger partial charge in [-0.1, -0.05) is 33.1 Å². The van der Waals surface area contributed by atoms with Gasteiger partial charge in [-0.3, -0.25) is 10.1 Å². The highest BCUT2D eigenvalue weighted by Crippen LogP contribution is 2.35. The Labute approximate surface area is 144 Å². The molecule has 0 aliphatic rings. The molecular weight excluding hydrogens is 341 g/mol. The van der Waals surface area contributed by atoms with Crippen LogP contribution in [0.2, 0.25) is 0 Å². The van der Waals surface area contributed by atoms with Crippen molar-refractivity contribution in [1.29, 1.82) is 0 Å². The maximum atomic E-state index is 12.7. The van der Waals surface area contributed by atoms with Crippen molar-refractivity contribution in [1.82, 2.24) is 0 Å². The first-order valence-electron chi connectivity index (χ1n) is 8.00. The first kappa shape index (κ1) is 20.6. The molecule has 0 unspecified atom stereocenters. The number of rotatable bonds is 10. The maximum absolute atomic E-state index is 12.7. The number of unbranched alkanes of at least 4 members (excludes halogenated alkanes) is 2. The van der Waals surface area contributed by atoms with Gasteiger partial charge in [-0.05, 0) is 25.0 Å². The van der Waals surface area contributed by atoms with Crippen molar-refractivity contribution in [2.45, 2.75) is 57.4 Å². The van der Waals surface area contributed by atoms with Crippen molar-refractivity contribution in [2.75, 3.05) is 11.2 Å². The Morgan fingerprint density at radius 2 is 2.00 bits per heavy atom. The Kier molecular flexibility index (Phi) is 8.38. The summed E-state index contributed by atoms with van der Waals surface area (Å²) in [5, 5.41) is 14.3. The van der Waals surface area contributed by atoms with Gasteiger partial charge in [0.2, 0.25) is 0 Å². The van der Waals surface area contributed by atoms with E-state index in [9.17, 15) is 23.3 Å². The second-order valence-corrected chi connectivity index (χ2v) is 6.79. The number of halogens is 3. The quantitative estimate of drug-likeness (QED) is 0.237. The van der Waals surface area contributed by atoms with Crippen LogP contribution in [0.5, 0.6) is 0 Å². The fraction of sp³-hybridized carbons (Fsp3) is 0.625. The number of alkyl halides is 3. The Bertz CT molecular complexity index is 539. The Morgan fingerprint density at radius 1 is 1.29 bits per heavy atom. The number of thioether (sulfide) groups is 1. The summed E-state index contributed by atoms with van der Waals surface area (Å²) in [5.41, 5.74) is -1.45. The molecule has 0 aliphatic carbocycles. The highest BCUT2D eigenvalue weighted by Gasteiger charge is 2.33. The van der Waals surface area contributed by atoms with Crippen molar-refractivity contribution in [3.05, 3.63) is 33.9 Å². The predicted octanol–water partition coefficient (Wildman–Crippen LogP) is 6.08. The molecular formula is C16H23F3N2O2S. The topological polar surface area (TPSA) is 55.2 Å². The minimum atomic E-state index is -4.59. The minimum absolute atomic E-state index is 0.115. The van der Waals surface area contributed by atoms with Crippen LogP contribution < -0.4 is 5.32 Å². The zero-order valence-corrected chi connectivity index (χ0v) is 14.7. The first-order chi connectivity index (χ1) is 11.3. The zero-order valence-electron chi connectivity index (χ0n) is 13.9. The molecule has 0 radical (unpaired) electrons. The molecule has 1 N–H and O–H groups in total. The van der Waals surface area contributed by atoms with Gasteiger partial charge in [-0.2, -0.15) is 13.2 Å². The second-order valence-electron chi connectivity index (χ2n) is 5.50. The lowest BCUT2D eigenvalue weighted by Crippen LogP contribution is -2.10. The molecule has 0 bridgehead atoms. The zero-order chi connectivity index (χ0) is 18.2. The molecule has 0 heterocycles. The SMILES string of the molecule is CCCCC[C@H](CC)SCNc1ccc(C(F)(F)F)cc1[N+](=O)[O-]. The number of nitro benzene ring substituents is 1. The van der Waals surface area contributed by atoms with Crippen molar-refractivity contribution in [3.63, 3.8) is 0 Å². The molecule has 1 aromatic carbocycles.